The van der Waals surface area contributed by atoms with Crippen LogP contribution in [0.15, 0.2) is 39.9 Å². The Balaban J connectivity index is 2.34. The van der Waals surface area contributed by atoms with Crippen LogP contribution in [0.3, 0.4) is 0 Å². The third kappa shape index (κ3) is 2.04. The smallest absolute Gasteiger partial charge is 0.328 e. The number of benzene rings is 1. The third-order valence-corrected chi connectivity index (χ3v) is 3.17. The highest BCUT2D eigenvalue weighted by molar-refractivity contribution is 9.10. The molecule has 0 aliphatic carbocycles. The summed E-state index contributed by atoms with van der Waals surface area (Å²) in [5.41, 5.74) is 7.36. The van der Waals surface area contributed by atoms with Crippen molar-refractivity contribution in [2.75, 3.05) is 5.73 Å². The summed E-state index contributed by atoms with van der Waals surface area (Å²) in [6.45, 7) is 0.542. The van der Waals surface area contributed by atoms with Crippen LogP contribution in [0, 0.1) is 0 Å². The summed E-state index contributed by atoms with van der Waals surface area (Å²) < 4.78 is 4.12. The van der Waals surface area contributed by atoms with Crippen LogP contribution >= 0.6 is 15.9 Å². The zero-order chi connectivity index (χ0) is 11.7. The van der Waals surface area contributed by atoms with Crippen LogP contribution in [-0.2, 0) is 13.6 Å². The Hall–Kier alpha value is -1.49. The van der Waals surface area contributed by atoms with E-state index in [0.29, 0.717) is 12.2 Å². The summed E-state index contributed by atoms with van der Waals surface area (Å²) in [5, 5.41) is 0. The van der Waals surface area contributed by atoms with Crippen LogP contribution in [0.25, 0.3) is 0 Å². The number of hydrogen-bond donors (Lipinski definition) is 1. The normalized spacial score (nSPS) is 10.6. The summed E-state index contributed by atoms with van der Waals surface area (Å²) in [7, 11) is 1.73. The van der Waals surface area contributed by atoms with Crippen LogP contribution in [-0.4, -0.2) is 9.13 Å². The monoisotopic (exact) mass is 281 g/mol. The van der Waals surface area contributed by atoms with Crippen molar-refractivity contribution in [3.05, 3.63) is 51.1 Å². The van der Waals surface area contributed by atoms with Gasteiger partial charge in [0, 0.05) is 29.6 Å². The molecular formula is C11H12BrN3O. The molecule has 0 saturated heterocycles. The van der Waals surface area contributed by atoms with E-state index >= 15 is 0 Å². The van der Waals surface area contributed by atoms with E-state index in [0.717, 1.165) is 10.0 Å². The van der Waals surface area contributed by atoms with Gasteiger partial charge in [-0.3, -0.25) is 4.57 Å². The van der Waals surface area contributed by atoms with Crippen LogP contribution < -0.4 is 11.4 Å². The second-order valence-electron chi connectivity index (χ2n) is 3.67. The molecule has 5 heteroatoms. The SMILES string of the molecule is Cn1ccn(Cc2ccc(N)cc2Br)c1=O. The molecule has 84 valence electrons. The fraction of sp³-hybridized carbons (Fsp3) is 0.182. The van der Waals surface area contributed by atoms with Gasteiger partial charge in [-0.25, -0.2) is 4.79 Å². The van der Waals surface area contributed by atoms with Gasteiger partial charge in [-0.15, -0.1) is 0 Å². The molecule has 0 aliphatic heterocycles. The summed E-state index contributed by atoms with van der Waals surface area (Å²) in [4.78, 5) is 11.6. The number of nitrogens with two attached hydrogens (primary N) is 1. The minimum Gasteiger partial charge on any atom is -0.399 e. The Labute approximate surface area is 101 Å². The number of aromatic nitrogens is 2. The molecule has 0 aliphatic rings. The zero-order valence-corrected chi connectivity index (χ0v) is 10.4. The van der Waals surface area contributed by atoms with E-state index in [1.54, 1.807) is 28.6 Å². The Morgan fingerprint density at radius 1 is 1.38 bits per heavy atom. The Morgan fingerprint density at radius 2 is 2.12 bits per heavy atom. The molecule has 1 aromatic carbocycles. The van der Waals surface area contributed by atoms with Crippen molar-refractivity contribution in [3.8, 4) is 0 Å². The number of nitrogens with zero attached hydrogens (tertiary/aromatic N) is 2. The maximum Gasteiger partial charge on any atom is 0.328 e. The van der Waals surface area contributed by atoms with E-state index in [1.807, 2.05) is 18.2 Å². The van der Waals surface area contributed by atoms with Crippen LogP contribution in [0.4, 0.5) is 5.69 Å². The first-order valence-corrected chi connectivity index (χ1v) is 5.63. The third-order valence-electron chi connectivity index (χ3n) is 2.44. The number of nitrogen functional groups attached to an aromatic ring is 1. The molecule has 0 fully saturated rings. The van der Waals surface area contributed by atoms with Crippen LogP contribution in [0.1, 0.15) is 5.56 Å². The summed E-state index contributed by atoms with van der Waals surface area (Å²) in [6.07, 6.45) is 3.51. The molecule has 0 amide bonds. The van der Waals surface area contributed by atoms with E-state index in [-0.39, 0.29) is 5.69 Å². The molecule has 0 bridgehead atoms. The van der Waals surface area contributed by atoms with Crippen LogP contribution in [0.2, 0.25) is 0 Å². The highest BCUT2D eigenvalue weighted by Crippen LogP contribution is 2.20. The number of imidazole rings is 1. The van der Waals surface area contributed by atoms with E-state index in [4.69, 9.17) is 5.73 Å². The predicted octanol–water partition coefficient (Wildman–Crippen LogP) is 1.58. The van der Waals surface area contributed by atoms with Gasteiger partial charge in [-0.1, -0.05) is 22.0 Å². The van der Waals surface area contributed by atoms with Crippen LogP contribution in [0.5, 0.6) is 0 Å². The van der Waals surface area contributed by atoms with E-state index < -0.39 is 0 Å². The lowest BCUT2D eigenvalue weighted by atomic mass is 10.2. The molecule has 2 aromatic rings. The first-order valence-electron chi connectivity index (χ1n) is 4.83. The molecule has 2 N–H and O–H groups in total. The quantitative estimate of drug-likeness (QED) is 0.850. The van der Waals surface area contributed by atoms with Gasteiger partial charge in [-0.2, -0.15) is 0 Å². The molecular weight excluding hydrogens is 270 g/mol. The van der Waals surface area contributed by atoms with Crippen molar-refractivity contribution in [2.45, 2.75) is 6.54 Å². The molecule has 1 aromatic heterocycles. The van der Waals surface area contributed by atoms with Crippen molar-refractivity contribution in [1.82, 2.24) is 9.13 Å². The molecule has 1 heterocycles. The van der Waals surface area contributed by atoms with Crippen molar-refractivity contribution < 1.29 is 0 Å². The molecule has 0 radical (unpaired) electrons. The maximum atomic E-state index is 11.6. The van der Waals surface area contributed by atoms with Gasteiger partial charge >= 0.3 is 5.69 Å². The fourth-order valence-electron chi connectivity index (χ4n) is 1.51. The standard InChI is InChI=1S/C11H12BrN3O/c1-14-4-5-15(11(14)16)7-8-2-3-9(13)6-10(8)12/h2-6H,7,13H2,1H3. The second-order valence-corrected chi connectivity index (χ2v) is 4.52. The molecule has 0 saturated carbocycles. The average Bonchev–Trinajstić information content (AvgIpc) is 2.54. The molecule has 2 rings (SSSR count). The number of rotatable bonds is 2. The minimum absolute atomic E-state index is 0.0243. The maximum absolute atomic E-state index is 11.6. The molecule has 16 heavy (non-hydrogen) atoms. The number of aryl methyl sites for hydroxylation is 1. The fourth-order valence-corrected chi connectivity index (χ4v) is 2.03. The predicted molar refractivity (Wildman–Crippen MR) is 67.3 cm³/mol. The topological polar surface area (TPSA) is 52.9 Å². The van der Waals surface area contributed by atoms with Gasteiger partial charge < -0.3 is 10.3 Å². The van der Waals surface area contributed by atoms with E-state index in [9.17, 15) is 4.79 Å². The van der Waals surface area contributed by atoms with Gasteiger partial charge in [0.25, 0.3) is 0 Å². The lowest BCUT2D eigenvalue weighted by Crippen LogP contribution is -2.22. The highest BCUT2D eigenvalue weighted by Gasteiger charge is 2.04. The Bertz CT molecular complexity index is 571. The van der Waals surface area contributed by atoms with Gasteiger partial charge in [0.1, 0.15) is 0 Å². The molecule has 0 unspecified atom stereocenters. The highest BCUT2D eigenvalue weighted by atomic mass is 79.9. The van der Waals surface area contributed by atoms with E-state index in [2.05, 4.69) is 15.9 Å². The molecule has 0 atom stereocenters. The first kappa shape index (κ1) is 11.0. The van der Waals surface area contributed by atoms with Crippen molar-refractivity contribution in [1.29, 1.82) is 0 Å². The van der Waals surface area contributed by atoms with Crippen molar-refractivity contribution >= 4 is 21.6 Å². The summed E-state index contributed by atoms with van der Waals surface area (Å²) in [6, 6.07) is 5.58. The molecule has 4 nitrogen and oxygen atoms in total. The van der Waals surface area contributed by atoms with Gasteiger partial charge in [0.2, 0.25) is 0 Å². The second kappa shape index (κ2) is 4.17. The van der Waals surface area contributed by atoms with Gasteiger partial charge in [0.05, 0.1) is 6.54 Å². The Morgan fingerprint density at radius 3 is 2.69 bits per heavy atom. The first-order chi connectivity index (χ1) is 7.58. The average molecular weight is 282 g/mol. The minimum atomic E-state index is -0.0243. The Kier molecular flexibility index (Phi) is 2.87. The molecule has 0 spiro atoms. The number of halogens is 1. The largest absolute Gasteiger partial charge is 0.399 e. The van der Waals surface area contributed by atoms with Crippen molar-refractivity contribution in [3.63, 3.8) is 0 Å². The lowest BCUT2D eigenvalue weighted by molar-refractivity contribution is 0.716. The number of hydrogen-bond acceptors (Lipinski definition) is 2. The summed E-state index contributed by atoms with van der Waals surface area (Å²) in [5.74, 6) is 0. The van der Waals surface area contributed by atoms with Gasteiger partial charge in [0.15, 0.2) is 0 Å². The zero-order valence-electron chi connectivity index (χ0n) is 8.85. The van der Waals surface area contributed by atoms with E-state index in [1.165, 1.54) is 0 Å². The van der Waals surface area contributed by atoms with Crippen molar-refractivity contribution in [2.24, 2.45) is 7.05 Å². The van der Waals surface area contributed by atoms with Gasteiger partial charge in [-0.05, 0) is 17.7 Å². The lowest BCUT2D eigenvalue weighted by Gasteiger charge is -2.05. The number of anilines is 1. The summed E-state index contributed by atoms with van der Waals surface area (Å²) >= 11 is 3.43.